The van der Waals surface area contributed by atoms with Crippen LogP contribution in [0, 0.1) is 0 Å². The van der Waals surface area contributed by atoms with Crippen LogP contribution in [0.3, 0.4) is 0 Å². The predicted molar refractivity (Wildman–Crippen MR) is 72.3 cm³/mol. The zero-order chi connectivity index (χ0) is 13.2. The summed E-state index contributed by atoms with van der Waals surface area (Å²) in [6.07, 6.45) is 2.23. The molecule has 1 aromatic carbocycles. The predicted octanol–water partition coefficient (Wildman–Crippen LogP) is 2.56. The number of rotatable bonds is 3. The van der Waals surface area contributed by atoms with Gasteiger partial charge < -0.3 is 5.11 Å². The van der Waals surface area contributed by atoms with Crippen LogP contribution in [0.25, 0.3) is 0 Å². The summed E-state index contributed by atoms with van der Waals surface area (Å²) in [5, 5.41) is 9.81. The fraction of sp³-hybridized carbons (Fsp3) is 0.538. The first-order valence-electron chi connectivity index (χ1n) is 6.13. The maximum atomic E-state index is 12.3. The Morgan fingerprint density at radius 3 is 2.39 bits per heavy atom. The molecule has 1 aliphatic rings. The van der Waals surface area contributed by atoms with Gasteiger partial charge in [-0.15, -0.1) is 0 Å². The Balaban J connectivity index is 2.13. The first-order valence-corrected chi connectivity index (χ1v) is 8.22. The fourth-order valence-corrected chi connectivity index (χ4v) is 4.55. The van der Waals surface area contributed by atoms with Gasteiger partial charge in [-0.25, -0.2) is 8.42 Å². The van der Waals surface area contributed by atoms with Gasteiger partial charge in [-0.1, -0.05) is 36.6 Å². The molecule has 18 heavy (non-hydrogen) atoms. The molecule has 1 fully saturated rings. The van der Waals surface area contributed by atoms with Crippen molar-refractivity contribution in [3.8, 4) is 0 Å². The molecule has 0 aromatic heterocycles. The van der Waals surface area contributed by atoms with E-state index in [1.807, 2.05) is 0 Å². The normalized spacial score (nSPS) is 25.0. The zero-order valence-electron chi connectivity index (χ0n) is 10.0. The lowest BCUT2D eigenvalue weighted by molar-refractivity contribution is 0.133. The highest BCUT2D eigenvalue weighted by atomic mass is 35.5. The molecule has 0 saturated heterocycles. The SMILES string of the molecule is O=S(=O)(Cc1ccc(Cl)cc1)[C@@H]1CCCC[C@@H]1O. The van der Waals surface area contributed by atoms with Crippen LogP contribution in [0.4, 0.5) is 0 Å². The lowest BCUT2D eigenvalue weighted by Gasteiger charge is -2.27. The topological polar surface area (TPSA) is 54.4 Å². The first-order chi connectivity index (χ1) is 8.49. The van der Waals surface area contributed by atoms with Gasteiger partial charge in [0, 0.05) is 5.02 Å². The van der Waals surface area contributed by atoms with E-state index >= 15 is 0 Å². The van der Waals surface area contributed by atoms with Gasteiger partial charge in [-0.3, -0.25) is 0 Å². The van der Waals surface area contributed by atoms with Crippen LogP contribution in [-0.2, 0) is 15.6 Å². The van der Waals surface area contributed by atoms with Gasteiger partial charge >= 0.3 is 0 Å². The van der Waals surface area contributed by atoms with E-state index in [0.717, 1.165) is 18.4 Å². The van der Waals surface area contributed by atoms with Crippen LogP contribution in [-0.4, -0.2) is 24.9 Å². The van der Waals surface area contributed by atoms with E-state index in [0.29, 0.717) is 17.9 Å². The van der Waals surface area contributed by atoms with Crippen molar-refractivity contribution in [2.75, 3.05) is 0 Å². The first kappa shape index (κ1) is 13.8. The molecule has 3 nitrogen and oxygen atoms in total. The van der Waals surface area contributed by atoms with Crippen LogP contribution < -0.4 is 0 Å². The van der Waals surface area contributed by atoms with E-state index in [4.69, 9.17) is 11.6 Å². The quantitative estimate of drug-likeness (QED) is 0.930. The van der Waals surface area contributed by atoms with Crippen molar-refractivity contribution in [1.29, 1.82) is 0 Å². The summed E-state index contributed by atoms with van der Waals surface area (Å²) in [5.41, 5.74) is 0.720. The van der Waals surface area contributed by atoms with E-state index in [1.165, 1.54) is 0 Å². The molecule has 1 saturated carbocycles. The number of sulfone groups is 1. The minimum Gasteiger partial charge on any atom is -0.392 e. The van der Waals surface area contributed by atoms with Crippen LogP contribution >= 0.6 is 11.6 Å². The Kier molecular flexibility index (Phi) is 4.30. The zero-order valence-corrected chi connectivity index (χ0v) is 11.6. The monoisotopic (exact) mass is 288 g/mol. The summed E-state index contributed by atoms with van der Waals surface area (Å²) in [6, 6.07) is 6.80. The van der Waals surface area contributed by atoms with Crippen molar-refractivity contribution >= 4 is 21.4 Å². The maximum absolute atomic E-state index is 12.3. The van der Waals surface area contributed by atoms with E-state index in [-0.39, 0.29) is 5.75 Å². The molecule has 5 heteroatoms. The van der Waals surface area contributed by atoms with Crippen molar-refractivity contribution in [1.82, 2.24) is 0 Å². The molecule has 0 bridgehead atoms. The summed E-state index contributed by atoms with van der Waals surface area (Å²) in [6.45, 7) is 0. The van der Waals surface area contributed by atoms with Gasteiger partial charge in [0.25, 0.3) is 0 Å². The molecular weight excluding hydrogens is 272 g/mol. The summed E-state index contributed by atoms with van der Waals surface area (Å²) < 4.78 is 24.5. The maximum Gasteiger partial charge on any atom is 0.159 e. The highest BCUT2D eigenvalue weighted by Gasteiger charge is 2.34. The van der Waals surface area contributed by atoms with Gasteiger partial charge in [-0.2, -0.15) is 0 Å². The minimum absolute atomic E-state index is 0.0219. The van der Waals surface area contributed by atoms with Crippen LogP contribution in [0.15, 0.2) is 24.3 Å². The van der Waals surface area contributed by atoms with Crippen LogP contribution in [0.5, 0.6) is 0 Å². The van der Waals surface area contributed by atoms with Crippen molar-refractivity contribution in [2.45, 2.75) is 42.8 Å². The van der Waals surface area contributed by atoms with Crippen LogP contribution in [0.2, 0.25) is 5.02 Å². The van der Waals surface area contributed by atoms with E-state index in [9.17, 15) is 13.5 Å². The summed E-state index contributed by atoms with van der Waals surface area (Å²) >= 11 is 5.77. The Morgan fingerprint density at radius 1 is 1.17 bits per heavy atom. The number of hydrogen-bond donors (Lipinski definition) is 1. The molecule has 1 aromatic rings. The largest absolute Gasteiger partial charge is 0.392 e. The van der Waals surface area contributed by atoms with Crippen LogP contribution in [0.1, 0.15) is 31.2 Å². The third kappa shape index (κ3) is 3.25. The molecular formula is C13H17ClO3S. The molecule has 0 spiro atoms. The minimum atomic E-state index is -3.29. The number of aliphatic hydroxyl groups is 1. The highest BCUT2D eigenvalue weighted by molar-refractivity contribution is 7.91. The van der Waals surface area contributed by atoms with Crippen molar-refractivity contribution in [3.05, 3.63) is 34.9 Å². The Labute approximate surface area is 113 Å². The molecule has 2 rings (SSSR count). The molecule has 1 aliphatic carbocycles. The van der Waals surface area contributed by atoms with E-state index in [1.54, 1.807) is 24.3 Å². The van der Waals surface area contributed by atoms with Gasteiger partial charge in [0.2, 0.25) is 0 Å². The lowest BCUT2D eigenvalue weighted by Crippen LogP contribution is -2.37. The molecule has 0 aliphatic heterocycles. The number of hydrogen-bond acceptors (Lipinski definition) is 3. The molecule has 2 atom stereocenters. The van der Waals surface area contributed by atoms with E-state index < -0.39 is 21.2 Å². The van der Waals surface area contributed by atoms with Crippen molar-refractivity contribution in [3.63, 3.8) is 0 Å². The molecule has 0 unspecified atom stereocenters. The number of benzene rings is 1. The average molecular weight is 289 g/mol. The Bertz CT molecular complexity index is 495. The van der Waals surface area contributed by atoms with Gasteiger partial charge in [0.05, 0.1) is 17.1 Å². The average Bonchev–Trinajstić information content (AvgIpc) is 2.32. The third-order valence-electron chi connectivity index (χ3n) is 3.41. The molecule has 0 amide bonds. The standard InChI is InChI=1S/C13H17ClO3S/c14-11-7-5-10(6-8-11)9-18(16,17)13-4-2-1-3-12(13)15/h5-8,12-13,15H,1-4,9H2/t12-,13+/m0/s1. The van der Waals surface area contributed by atoms with E-state index in [2.05, 4.69) is 0 Å². The van der Waals surface area contributed by atoms with Gasteiger partial charge in [0.1, 0.15) is 0 Å². The van der Waals surface area contributed by atoms with Crippen molar-refractivity contribution < 1.29 is 13.5 Å². The lowest BCUT2D eigenvalue weighted by atomic mass is 9.97. The summed E-state index contributed by atoms with van der Waals surface area (Å²) in [5.74, 6) is -0.0219. The molecule has 100 valence electrons. The smallest absolute Gasteiger partial charge is 0.159 e. The molecule has 0 radical (unpaired) electrons. The van der Waals surface area contributed by atoms with Gasteiger partial charge in [-0.05, 0) is 30.5 Å². The third-order valence-corrected chi connectivity index (χ3v) is 5.87. The number of aliphatic hydroxyl groups excluding tert-OH is 1. The fourth-order valence-electron chi connectivity index (χ4n) is 2.42. The van der Waals surface area contributed by atoms with Gasteiger partial charge in [0.15, 0.2) is 9.84 Å². The molecule has 0 heterocycles. The second-order valence-corrected chi connectivity index (χ2v) is 7.48. The summed E-state index contributed by atoms with van der Waals surface area (Å²) in [4.78, 5) is 0. The Hall–Kier alpha value is -0.580. The second-order valence-electron chi connectivity index (χ2n) is 4.82. The second kappa shape index (κ2) is 5.59. The highest BCUT2D eigenvalue weighted by Crippen LogP contribution is 2.27. The molecule has 1 N–H and O–H groups in total. The Morgan fingerprint density at radius 2 is 1.78 bits per heavy atom. The summed E-state index contributed by atoms with van der Waals surface area (Å²) in [7, 11) is -3.29. The number of halogens is 1. The van der Waals surface area contributed by atoms with Crippen molar-refractivity contribution in [2.24, 2.45) is 0 Å².